The van der Waals surface area contributed by atoms with Crippen LogP contribution in [0, 0.1) is 0 Å². The summed E-state index contributed by atoms with van der Waals surface area (Å²) in [5.41, 5.74) is 4.77. The summed E-state index contributed by atoms with van der Waals surface area (Å²) in [5.74, 6) is 0. The molecule has 0 bridgehead atoms. The maximum Gasteiger partial charge on any atom is 0.0647 e. The Morgan fingerprint density at radius 2 is 1.05 bits per heavy atom. The van der Waals surface area contributed by atoms with Crippen LogP contribution >= 0.6 is 0 Å². The third-order valence-corrected chi connectivity index (χ3v) is 2.80. The number of hydrogen-bond donors (Lipinski definition) is 1. The molecule has 1 aliphatic rings. The van der Waals surface area contributed by atoms with Crippen LogP contribution in [0.15, 0.2) is 48.5 Å². The molecule has 2 aromatic rings. The number of rotatable bonds is 0. The maximum atomic E-state index is 3.43. The van der Waals surface area contributed by atoms with Gasteiger partial charge in [-0.05, 0) is 24.3 Å². The molecule has 1 N–H and O–H groups in total. The molecule has 2 heteroatoms. The zero-order valence-corrected chi connectivity index (χ0v) is 12.6. The maximum absolute atomic E-state index is 3.43. The van der Waals surface area contributed by atoms with E-state index in [1.54, 1.807) is 0 Å². The molecule has 102 valence electrons. The highest BCUT2D eigenvalue weighted by atomic mass is 15.2. The minimum absolute atomic E-state index is 1.17. The van der Waals surface area contributed by atoms with E-state index in [1.165, 1.54) is 22.7 Å². The van der Waals surface area contributed by atoms with Gasteiger partial charge < -0.3 is 10.2 Å². The summed E-state index contributed by atoms with van der Waals surface area (Å²) in [6.07, 6.45) is 0. The van der Waals surface area contributed by atoms with Gasteiger partial charge in [0.15, 0.2) is 0 Å². The van der Waals surface area contributed by atoms with Gasteiger partial charge in [-0.25, -0.2) is 0 Å². The fraction of sp³-hybridized carbons (Fsp3) is 0.294. The SMILES string of the molecule is CC.CC.CN1c2ccccc2Nc2ccccc21. The Morgan fingerprint density at radius 3 is 1.47 bits per heavy atom. The van der Waals surface area contributed by atoms with Crippen molar-refractivity contribution in [3.05, 3.63) is 48.5 Å². The van der Waals surface area contributed by atoms with Crippen LogP contribution in [0.1, 0.15) is 27.7 Å². The Balaban J connectivity index is 0.000000415. The van der Waals surface area contributed by atoms with Crippen LogP contribution in [0.5, 0.6) is 0 Å². The smallest absolute Gasteiger partial charge is 0.0647 e. The fourth-order valence-corrected chi connectivity index (χ4v) is 2.02. The molecule has 0 aliphatic carbocycles. The monoisotopic (exact) mass is 256 g/mol. The highest BCUT2D eigenvalue weighted by Gasteiger charge is 2.17. The first kappa shape index (κ1) is 15.1. The first-order valence-corrected chi connectivity index (χ1v) is 7.05. The number of nitrogens with zero attached hydrogens (tertiary/aromatic N) is 1. The lowest BCUT2D eigenvalue weighted by atomic mass is 10.1. The third kappa shape index (κ3) is 3.08. The van der Waals surface area contributed by atoms with Gasteiger partial charge in [-0.3, -0.25) is 0 Å². The molecule has 0 unspecified atom stereocenters. The molecule has 0 spiro atoms. The lowest BCUT2D eigenvalue weighted by Crippen LogP contribution is -2.17. The second kappa shape index (κ2) is 7.47. The van der Waals surface area contributed by atoms with E-state index < -0.39 is 0 Å². The van der Waals surface area contributed by atoms with Crippen LogP contribution in [0.3, 0.4) is 0 Å². The van der Waals surface area contributed by atoms with Gasteiger partial charge in [0.25, 0.3) is 0 Å². The predicted molar refractivity (Wildman–Crippen MR) is 86.9 cm³/mol. The molecule has 2 aromatic carbocycles. The number of fused-ring (bicyclic) bond motifs is 2. The second-order valence-corrected chi connectivity index (χ2v) is 3.72. The van der Waals surface area contributed by atoms with E-state index in [2.05, 4.69) is 53.7 Å². The van der Waals surface area contributed by atoms with Crippen molar-refractivity contribution in [2.45, 2.75) is 27.7 Å². The van der Waals surface area contributed by atoms with Gasteiger partial charge >= 0.3 is 0 Å². The van der Waals surface area contributed by atoms with Crippen LogP contribution in [0.4, 0.5) is 22.7 Å². The summed E-state index contributed by atoms with van der Waals surface area (Å²) in [7, 11) is 2.10. The Hall–Kier alpha value is -1.96. The van der Waals surface area contributed by atoms with E-state index in [-0.39, 0.29) is 0 Å². The number of para-hydroxylation sites is 4. The molecule has 0 aromatic heterocycles. The standard InChI is InChI=1S/C13H12N2.2C2H6/c1-15-12-8-4-2-6-10(12)14-11-7-3-5-9-13(11)15;2*1-2/h2-9,14H,1H3;2*1-2H3. The van der Waals surface area contributed by atoms with Gasteiger partial charge in [0.2, 0.25) is 0 Å². The first-order valence-electron chi connectivity index (χ1n) is 7.05. The molecule has 1 aliphatic heterocycles. The molecule has 19 heavy (non-hydrogen) atoms. The molecule has 0 radical (unpaired) electrons. The van der Waals surface area contributed by atoms with Crippen molar-refractivity contribution < 1.29 is 0 Å². The summed E-state index contributed by atoms with van der Waals surface area (Å²) in [6, 6.07) is 16.7. The quantitative estimate of drug-likeness (QED) is 0.663. The lowest BCUT2D eigenvalue weighted by Gasteiger charge is -2.30. The first-order chi connectivity index (χ1) is 9.36. The summed E-state index contributed by atoms with van der Waals surface area (Å²) < 4.78 is 0. The molecule has 0 saturated heterocycles. The molecular formula is C17H24N2. The van der Waals surface area contributed by atoms with E-state index in [1.807, 2.05) is 39.8 Å². The van der Waals surface area contributed by atoms with Crippen molar-refractivity contribution in [3.63, 3.8) is 0 Å². The fourth-order valence-electron chi connectivity index (χ4n) is 2.02. The topological polar surface area (TPSA) is 15.3 Å². The predicted octanol–water partition coefficient (Wildman–Crippen LogP) is 5.56. The van der Waals surface area contributed by atoms with Crippen LogP contribution < -0.4 is 10.2 Å². The van der Waals surface area contributed by atoms with Gasteiger partial charge in [0.1, 0.15) is 0 Å². The third-order valence-electron chi connectivity index (χ3n) is 2.80. The Morgan fingerprint density at radius 1 is 0.684 bits per heavy atom. The average molecular weight is 256 g/mol. The number of nitrogens with one attached hydrogen (secondary N) is 1. The van der Waals surface area contributed by atoms with Crippen LogP contribution in [0.2, 0.25) is 0 Å². The Bertz CT molecular complexity index is 461. The molecular weight excluding hydrogens is 232 g/mol. The Kier molecular flexibility index (Phi) is 5.94. The summed E-state index contributed by atoms with van der Waals surface area (Å²) in [5, 5.41) is 3.43. The summed E-state index contributed by atoms with van der Waals surface area (Å²) in [6.45, 7) is 8.00. The highest BCUT2D eigenvalue weighted by molar-refractivity contribution is 5.91. The molecule has 0 saturated carbocycles. The molecule has 0 amide bonds. The van der Waals surface area contributed by atoms with Crippen molar-refractivity contribution in [2.24, 2.45) is 0 Å². The largest absolute Gasteiger partial charge is 0.352 e. The molecule has 0 atom stereocenters. The van der Waals surface area contributed by atoms with Crippen LogP contribution in [-0.4, -0.2) is 7.05 Å². The molecule has 3 rings (SSSR count). The highest BCUT2D eigenvalue weighted by Crippen LogP contribution is 2.41. The molecule has 1 heterocycles. The second-order valence-electron chi connectivity index (χ2n) is 3.72. The number of hydrogen-bond acceptors (Lipinski definition) is 2. The summed E-state index contributed by atoms with van der Waals surface area (Å²) >= 11 is 0. The Labute approximate surface area is 117 Å². The zero-order valence-electron chi connectivity index (χ0n) is 12.6. The van der Waals surface area contributed by atoms with Gasteiger partial charge in [-0.2, -0.15) is 0 Å². The zero-order chi connectivity index (χ0) is 14.3. The number of anilines is 4. The van der Waals surface area contributed by atoms with Gasteiger partial charge in [0, 0.05) is 7.05 Å². The van der Waals surface area contributed by atoms with Crippen molar-refractivity contribution in [3.8, 4) is 0 Å². The van der Waals surface area contributed by atoms with E-state index >= 15 is 0 Å². The average Bonchev–Trinajstić information content (AvgIpc) is 2.52. The number of benzene rings is 2. The van der Waals surface area contributed by atoms with Gasteiger partial charge in [-0.15, -0.1) is 0 Å². The van der Waals surface area contributed by atoms with Gasteiger partial charge in [0.05, 0.1) is 22.7 Å². The van der Waals surface area contributed by atoms with Crippen molar-refractivity contribution >= 4 is 22.7 Å². The normalized spacial score (nSPS) is 10.7. The summed E-state index contributed by atoms with van der Waals surface area (Å²) in [4.78, 5) is 2.21. The van der Waals surface area contributed by atoms with E-state index in [0.29, 0.717) is 0 Å². The van der Waals surface area contributed by atoms with Crippen molar-refractivity contribution in [2.75, 3.05) is 17.3 Å². The lowest BCUT2D eigenvalue weighted by molar-refractivity contribution is 1.19. The van der Waals surface area contributed by atoms with Crippen molar-refractivity contribution in [1.29, 1.82) is 0 Å². The van der Waals surface area contributed by atoms with Crippen LogP contribution in [0.25, 0.3) is 0 Å². The van der Waals surface area contributed by atoms with E-state index in [4.69, 9.17) is 0 Å². The van der Waals surface area contributed by atoms with Gasteiger partial charge in [-0.1, -0.05) is 52.0 Å². The van der Waals surface area contributed by atoms with Crippen LogP contribution in [-0.2, 0) is 0 Å². The molecule has 2 nitrogen and oxygen atoms in total. The van der Waals surface area contributed by atoms with E-state index in [0.717, 1.165) is 0 Å². The minimum atomic E-state index is 1.17. The minimum Gasteiger partial charge on any atom is -0.352 e. The molecule has 0 fully saturated rings. The van der Waals surface area contributed by atoms with Crippen molar-refractivity contribution in [1.82, 2.24) is 0 Å². The van der Waals surface area contributed by atoms with E-state index in [9.17, 15) is 0 Å².